The molecular formula is C11H4F6O3S. The average molecular weight is 330 g/mol. The molecule has 0 unspecified atom stereocenters. The first-order valence-corrected chi connectivity index (χ1v) is 5.85. The summed E-state index contributed by atoms with van der Waals surface area (Å²) in [6.45, 7) is 0.786. The van der Waals surface area contributed by atoms with Crippen LogP contribution in [-0.4, -0.2) is 5.26 Å². The molecule has 1 N–H and O–H groups in total. The Bertz CT molecular complexity index is 736. The van der Waals surface area contributed by atoms with Crippen LogP contribution in [0.3, 0.4) is 0 Å². The van der Waals surface area contributed by atoms with Crippen LogP contribution in [0.15, 0.2) is 4.90 Å². The van der Waals surface area contributed by atoms with Gasteiger partial charge in [-0.25, -0.2) is 31.6 Å². The minimum absolute atomic E-state index is 0.347. The molecule has 0 saturated carbocycles. The quantitative estimate of drug-likeness (QED) is 0.297. The fraction of sp³-hybridized carbons (Fsp3) is 0.0909. The molecule has 114 valence electrons. The van der Waals surface area contributed by atoms with Crippen molar-refractivity contribution in [1.82, 2.24) is 0 Å². The van der Waals surface area contributed by atoms with Crippen molar-refractivity contribution >= 4 is 22.8 Å². The Kier molecular flexibility index (Phi) is 4.33. The van der Waals surface area contributed by atoms with E-state index in [9.17, 15) is 26.3 Å². The first kappa shape index (κ1) is 15.9. The molecule has 0 fully saturated rings. The normalized spacial score (nSPS) is 11.4. The molecular weight excluding hydrogens is 326 g/mol. The minimum Gasteiger partial charge on any atom is -0.220 e. The predicted octanol–water partition coefficient (Wildman–Crippen LogP) is 4.41. The van der Waals surface area contributed by atoms with Gasteiger partial charge in [0.1, 0.15) is 10.7 Å². The summed E-state index contributed by atoms with van der Waals surface area (Å²) in [5, 5.41) is 8.18. The molecule has 3 nitrogen and oxygen atoms in total. The number of fused-ring (bicyclic) bond motifs is 1. The first-order chi connectivity index (χ1) is 9.82. The maximum absolute atomic E-state index is 14.0. The van der Waals surface area contributed by atoms with Crippen molar-refractivity contribution in [3.63, 3.8) is 0 Å². The van der Waals surface area contributed by atoms with Gasteiger partial charge in [0.25, 0.3) is 0 Å². The Morgan fingerprint density at radius 1 is 0.762 bits per heavy atom. The topological polar surface area (TPSA) is 38.7 Å². The van der Waals surface area contributed by atoms with Crippen molar-refractivity contribution in [2.24, 2.45) is 0 Å². The van der Waals surface area contributed by atoms with Crippen molar-refractivity contribution < 1.29 is 41.0 Å². The summed E-state index contributed by atoms with van der Waals surface area (Å²) in [4.78, 5) is -1.28. The zero-order valence-electron chi connectivity index (χ0n) is 9.94. The summed E-state index contributed by atoms with van der Waals surface area (Å²) >= 11 is -0.347. The largest absolute Gasteiger partial charge is 0.220 e. The molecule has 0 bridgehead atoms. The van der Waals surface area contributed by atoms with E-state index in [4.69, 9.17) is 5.26 Å². The van der Waals surface area contributed by atoms with Crippen LogP contribution in [0.4, 0.5) is 26.3 Å². The number of hydrogen-bond donors (Lipinski definition) is 1. The smallest absolute Gasteiger partial charge is 0.178 e. The molecule has 0 aliphatic heterocycles. The molecule has 0 aliphatic carbocycles. The van der Waals surface area contributed by atoms with Crippen molar-refractivity contribution in [3.05, 3.63) is 40.5 Å². The lowest BCUT2D eigenvalue weighted by atomic mass is 10.0. The fourth-order valence-corrected chi connectivity index (χ4v) is 2.17. The Morgan fingerprint density at radius 3 is 1.86 bits per heavy atom. The van der Waals surface area contributed by atoms with Gasteiger partial charge < -0.3 is 0 Å². The van der Waals surface area contributed by atoms with E-state index in [-0.39, 0.29) is 12.0 Å². The Balaban J connectivity index is 2.96. The second-order valence-corrected chi connectivity index (χ2v) is 4.52. The second-order valence-electron chi connectivity index (χ2n) is 3.81. The summed E-state index contributed by atoms with van der Waals surface area (Å²) in [7, 11) is 0. The van der Waals surface area contributed by atoms with E-state index in [0.29, 0.717) is 0 Å². The predicted molar refractivity (Wildman–Crippen MR) is 59.1 cm³/mol. The first-order valence-electron chi connectivity index (χ1n) is 5.10. The third-order valence-corrected chi connectivity index (χ3v) is 3.37. The Labute approximate surface area is 117 Å². The monoisotopic (exact) mass is 330 g/mol. The molecule has 2 rings (SSSR count). The van der Waals surface area contributed by atoms with E-state index >= 15 is 0 Å². The van der Waals surface area contributed by atoms with E-state index in [1.54, 1.807) is 0 Å². The maximum atomic E-state index is 14.0. The van der Waals surface area contributed by atoms with Gasteiger partial charge in [-0.2, -0.15) is 0 Å². The molecule has 0 spiro atoms. The molecule has 0 heterocycles. The van der Waals surface area contributed by atoms with Crippen molar-refractivity contribution in [3.8, 4) is 0 Å². The van der Waals surface area contributed by atoms with E-state index in [2.05, 4.69) is 9.37 Å². The standard InChI is InChI=1S/C11H4F6O3S/c1-2-5(12)3-4(7(14)6(2)13)9(16)11(21-20-19-18)10(17)8(3)15/h18H,1H3. The van der Waals surface area contributed by atoms with Crippen LogP contribution in [0.2, 0.25) is 0 Å². The summed E-state index contributed by atoms with van der Waals surface area (Å²) < 4.78 is 86.0. The number of hydrogen-bond acceptors (Lipinski definition) is 4. The van der Waals surface area contributed by atoms with E-state index in [1.807, 2.05) is 0 Å². The molecule has 0 atom stereocenters. The number of benzene rings is 2. The molecule has 2 aromatic carbocycles. The van der Waals surface area contributed by atoms with Gasteiger partial charge in [0.2, 0.25) is 0 Å². The number of rotatable bonds is 3. The van der Waals surface area contributed by atoms with Crippen LogP contribution in [0, 0.1) is 41.8 Å². The maximum Gasteiger partial charge on any atom is 0.178 e. The van der Waals surface area contributed by atoms with Crippen LogP contribution < -0.4 is 0 Å². The summed E-state index contributed by atoms with van der Waals surface area (Å²) in [5.74, 6) is -10.9. The van der Waals surface area contributed by atoms with Gasteiger partial charge in [0.05, 0.1) is 22.8 Å². The molecule has 0 saturated heterocycles. The highest BCUT2D eigenvalue weighted by Gasteiger charge is 2.29. The van der Waals surface area contributed by atoms with Gasteiger partial charge in [-0.15, -0.1) is 4.33 Å². The van der Waals surface area contributed by atoms with Crippen molar-refractivity contribution in [1.29, 1.82) is 0 Å². The van der Waals surface area contributed by atoms with Gasteiger partial charge in [0.15, 0.2) is 29.1 Å². The van der Waals surface area contributed by atoms with Crippen molar-refractivity contribution in [2.45, 2.75) is 11.8 Å². The zero-order valence-corrected chi connectivity index (χ0v) is 10.8. The van der Waals surface area contributed by atoms with Crippen LogP contribution >= 0.6 is 12.0 Å². The van der Waals surface area contributed by atoms with Crippen LogP contribution in [-0.2, 0) is 9.37 Å². The highest BCUT2D eigenvalue weighted by atomic mass is 32.2. The molecule has 21 heavy (non-hydrogen) atoms. The molecule has 2 aromatic rings. The summed E-state index contributed by atoms with van der Waals surface area (Å²) in [6, 6.07) is 0. The molecule has 0 aliphatic rings. The molecule has 0 amide bonds. The van der Waals surface area contributed by atoms with Crippen LogP contribution in [0.5, 0.6) is 0 Å². The van der Waals surface area contributed by atoms with E-state index in [1.165, 1.54) is 0 Å². The van der Waals surface area contributed by atoms with Gasteiger partial charge in [-0.05, 0) is 6.92 Å². The SMILES string of the molecule is Cc1c(F)c(F)c2c(F)c(SOOO)c(F)c(F)c2c1F. The highest BCUT2D eigenvalue weighted by molar-refractivity contribution is 7.94. The highest BCUT2D eigenvalue weighted by Crippen LogP contribution is 2.38. The molecule has 10 heteroatoms. The van der Waals surface area contributed by atoms with Gasteiger partial charge in [-0.1, -0.05) is 5.04 Å². The molecule has 0 aromatic heterocycles. The van der Waals surface area contributed by atoms with Crippen LogP contribution in [0.1, 0.15) is 5.56 Å². The van der Waals surface area contributed by atoms with Gasteiger partial charge >= 0.3 is 0 Å². The average Bonchev–Trinajstić information content (AvgIpc) is 2.46. The van der Waals surface area contributed by atoms with Gasteiger partial charge in [0, 0.05) is 5.56 Å². The number of halogens is 6. The van der Waals surface area contributed by atoms with Crippen molar-refractivity contribution in [2.75, 3.05) is 0 Å². The van der Waals surface area contributed by atoms with E-state index in [0.717, 1.165) is 6.92 Å². The zero-order chi connectivity index (χ0) is 15.9. The minimum atomic E-state index is -1.94. The summed E-state index contributed by atoms with van der Waals surface area (Å²) in [6.07, 6.45) is 0. The lowest BCUT2D eigenvalue weighted by Gasteiger charge is -2.12. The van der Waals surface area contributed by atoms with E-state index < -0.39 is 56.1 Å². The van der Waals surface area contributed by atoms with Gasteiger partial charge in [-0.3, -0.25) is 0 Å². The third-order valence-electron chi connectivity index (χ3n) is 2.72. The Morgan fingerprint density at radius 2 is 1.29 bits per heavy atom. The molecule has 0 radical (unpaired) electrons. The lowest BCUT2D eigenvalue weighted by Crippen LogP contribution is -2.05. The fourth-order valence-electron chi connectivity index (χ4n) is 1.73. The van der Waals surface area contributed by atoms with Crippen LogP contribution in [0.25, 0.3) is 10.8 Å². The lowest BCUT2D eigenvalue weighted by molar-refractivity contribution is -0.432. The third kappa shape index (κ3) is 2.33. The second kappa shape index (κ2) is 5.72. The Hall–Kier alpha value is -1.49. The summed E-state index contributed by atoms with van der Waals surface area (Å²) in [5.41, 5.74) is -0.923.